The smallest absolute Gasteiger partial charge is 0.239 e. The lowest BCUT2D eigenvalue weighted by Crippen LogP contribution is -2.47. The number of benzene rings is 1. The zero-order chi connectivity index (χ0) is 20.5. The SMILES string of the molecule is CCNC(=NCc1ccc(N2CCNC(=O)C2)cc1)NCC1(CCOC)CCC1.I. The Hall–Kier alpha value is -1.55. The predicted molar refractivity (Wildman–Crippen MR) is 133 cm³/mol. The monoisotopic (exact) mass is 529 g/mol. The first-order valence-electron chi connectivity index (χ1n) is 10.8. The van der Waals surface area contributed by atoms with Crippen LogP contribution in [0.4, 0.5) is 5.69 Å². The van der Waals surface area contributed by atoms with E-state index in [0.29, 0.717) is 25.0 Å². The number of methoxy groups -OCH3 is 1. The normalized spacial score (nSPS) is 18.1. The molecule has 1 aromatic rings. The van der Waals surface area contributed by atoms with Crippen LogP contribution in [-0.2, 0) is 16.1 Å². The number of hydrogen-bond acceptors (Lipinski definition) is 4. The van der Waals surface area contributed by atoms with Crippen molar-refractivity contribution in [2.75, 3.05) is 51.3 Å². The van der Waals surface area contributed by atoms with E-state index in [1.165, 1.54) is 19.3 Å². The third kappa shape index (κ3) is 7.01. The van der Waals surface area contributed by atoms with Gasteiger partial charge in [0.15, 0.2) is 5.96 Å². The molecule has 3 N–H and O–H groups in total. The van der Waals surface area contributed by atoms with E-state index < -0.39 is 0 Å². The summed E-state index contributed by atoms with van der Waals surface area (Å²) in [5, 5.41) is 9.75. The first-order valence-corrected chi connectivity index (χ1v) is 10.8. The molecule has 8 heteroatoms. The number of ether oxygens (including phenoxy) is 1. The maximum Gasteiger partial charge on any atom is 0.239 e. The number of anilines is 1. The number of guanidine groups is 1. The summed E-state index contributed by atoms with van der Waals surface area (Å²) >= 11 is 0. The van der Waals surface area contributed by atoms with Gasteiger partial charge in [0, 0.05) is 45.6 Å². The zero-order valence-electron chi connectivity index (χ0n) is 18.2. The van der Waals surface area contributed by atoms with Crippen LogP contribution in [0.1, 0.15) is 38.2 Å². The van der Waals surface area contributed by atoms with Crippen LogP contribution < -0.4 is 20.9 Å². The molecule has 0 atom stereocenters. The van der Waals surface area contributed by atoms with Gasteiger partial charge >= 0.3 is 0 Å². The summed E-state index contributed by atoms with van der Waals surface area (Å²) in [6, 6.07) is 8.36. The molecule has 1 aromatic carbocycles. The van der Waals surface area contributed by atoms with Crippen LogP contribution >= 0.6 is 24.0 Å². The van der Waals surface area contributed by atoms with Crippen molar-refractivity contribution < 1.29 is 9.53 Å². The van der Waals surface area contributed by atoms with Gasteiger partial charge in [-0.2, -0.15) is 0 Å². The number of nitrogens with zero attached hydrogens (tertiary/aromatic N) is 2. The molecule has 2 fully saturated rings. The van der Waals surface area contributed by atoms with E-state index in [9.17, 15) is 4.79 Å². The van der Waals surface area contributed by atoms with Crippen molar-refractivity contribution >= 4 is 41.5 Å². The summed E-state index contributed by atoms with van der Waals surface area (Å²) < 4.78 is 5.29. The molecule has 1 heterocycles. The van der Waals surface area contributed by atoms with Crippen molar-refractivity contribution in [3.8, 4) is 0 Å². The molecule has 0 aromatic heterocycles. The maximum atomic E-state index is 11.6. The van der Waals surface area contributed by atoms with E-state index in [-0.39, 0.29) is 29.9 Å². The van der Waals surface area contributed by atoms with Crippen LogP contribution in [0, 0.1) is 5.41 Å². The lowest BCUT2D eigenvalue weighted by molar-refractivity contribution is -0.120. The van der Waals surface area contributed by atoms with Crippen molar-refractivity contribution in [1.82, 2.24) is 16.0 Å². The number of amides is 1. The number of rotatable bonds is 9. The van der Waals surface area contributed by atoms with Crippen LogP contribution in [0.3, 0.4) is 0 Å². The Morgan fingerprint density at radius 1 is 1.27 bits per heavy atom. The highest BCUT2D eigenvalue weighted by Gasteiger charge is 2.36. The fourth-order valence-corrected chi connectivity index (χ4v) is 3.96. The lowest BCUT2D eigenvalue weighted by atomic mass is 9.67. The van der Waals surface area contributed by atoms with Crippen LogP contribution in [0.25, 0.3) is 0 Å². The molecule has 168 valence electrons. The van der Waals surface area contributed by atoms with Gasteiger partial charge in [-0.25, -0.2) is 4.99 Å². The molecule has 1 saturated heterocycles. The molecule has 1 amide bonds. The fourth-order valence-electron chi connectivity index (χ4n) is 3.96. The molecular weight excluding hydrogens is 493 g/mol. The minimum absolute atomic E-state index is 0. The zero-order valence-corrected chi connectivity index (χ0v) is 20.5. The van der Waals surface area contributed by atoms with Gasteiger partial charge in [-0.1, -0.05) is 18.6 Å². The Labute approximate surface area is 197 Å². The molecular formula is C22H36IN5O2. The van der Waals surface area contributed by atoms with Gasteiger partial charge in [-0.05, 0) is 49.3 Å². The minimum Gasteiger partial charge on any atom is -0.385 e. The van der Waals surface area contributed by atoms with Crippen LogP contribution in [0.5, 0.6) is 0 Å². The first-order chi connectivity index (χ1) is 14.1. The van der Waals surface area contributed by atoms with E-state index in [2.05, 4.69) is 52.0 Å². The Morgan fingerprint density at radius 3 is 2.63 bits per heavy atom. The summed E-state index contributed by atoms with van der Waals surface area (Å²) in [7, 11) is 1.77. The topological polar surface area (TPSA) is 78.0 Å². The van der Waals surface area contributed by atoms with Crippen molar-refractivity contribution in [3.63, 3.8) is 0 Å². The molecule has 7 nitrogen and oxygen atoms in total. The molecule has 0 spiro atoms. The number of halogens is 1. The molecule has 0 bridgehead atoms. The quantitative estimate of drug-likeness (QED) is 0.261. The number of piperazine rings is 1. The molecule has 0 unspecified atom stereocenters. The van der Waals surface area contributed by atoms with Crippen LogP contribution in [-0.4, -0.2) is 58.3 Å². The number of carbonyl (C=O) groups excluding carboxylic acids is 1. The van der Waals surface area contributed by atoms with Crippen molar-refractivity contribution in [2.24, 2.45) is 10.4 Å². The van der Waals surface area contributed by atoms with Crippen molar-refractivity contribution in [1.29, 1.82) is 0 Å². The second-order valence-corrected chi connectivity index (χ2v) is 8.08. The first kappa shape index (κ1) is 24.7. The predicted octanol–water partition coefficient (Wildman–Crippen LogP) is 2.50. The standard InChI is InChI=1S/C22H35N5O2.HI/c1-3-23-21(26-17-22(9-4-10-22)11-14-29-2)25-15-18-5-7-19(8-6-18)27-13-12-24-20(28)16-27;/h5-8H,3-4,9-17H2,1-2H3,(H,24,28)(H2,23,25,26);1H. The van der Waals surface area contributed by atoms with E-state index >= 15 is 0 Å². The fraction of sp³-hybridized carbons (Fsp3) is 0.636. The second kappa shape index (κ2) is 12.3. The van der Waals surface area contributed by atoms with E-state index in [4.69, 9.17) is 9.73 Å². The maximum absolute atomic E-state index is 11.6. The van der Waals surface area contributed by atoms with Crippen LogP contribution in [0.15, 0.2) is 29.3 Å². The molecule has 2 aliphatic rings. The third-order valence-electron chi connectivity index (χ3n) is 5.99. The summed E-state index contributed by atoms with van der Waals surface area (Å²) in [6.45, 7) is 7.30. The molecule has 1 aliphatic heterocycles. The summed E-state index contributed by atoms with van der Waals surface area (Å²) in [6.07, 6.45) is 4.94. The highest BCUT2D eigenvalue weighted by molar-refractivity contribution is 14.0. The molecule has 1 saturated carbocycles. The number of carbonyl (C=O) groups is 1. The third-order valence-corrected chi connectivity index (χ3v) is 5.99. The average Bonchev–Trinajstić information content (AvgIpc) is 2.71. The Balaban J connectivity index is 0.00000320. The number of nitrogens with one attached hydrogen (secondary N) is 3. The Bertz CT molecular complexity index is 691. The van der Waals surface area contributed by atoms with Gasteiger partial charge in [0.1, 0.15) is 0 Å². The van der Waals surface area contributed by atoms with Gasteiger partial charge in [-0.3, -0.25) is 4.79 Å². The van der Waals surface area contributed by atoms with Crippen LogP contribution in [0.2, 0.25) is 0 Å². The van der Waals surface area contributed by atoms with Gasteiger partial charge < -0.3 is 25.6 Å². The van der Waals surface area contributed by atoms with Gasteiger partial charge in [0.05, 0.1) is 13.1 Å². The largest absolute Gasteiger partial charge is 0.385 e. The Morgan fingerprint density at radius 2 is 2.03 bits per heavy atom. The molecule has 30 heavy (non-hydrogen) atoms. The highest BCUT2D eigenvalue weighted by atomic mass is 127. The molecule has 0 radical (unpaired) electrons. The van der Waals surface area contributed by atoms with Gasteiger partial charge in [-0.15, -0.1) is 24.0 Å². The van der Waals surface area contributed by atoms with Gasteiger partial charge in [0.25, 0.3) is 0 Å². The Kier molecular flexibility index (Phi) is 10.2. The van der Waals surface area contributed by atoms with E-state index in [1.54, 1.807) is 7.11 Å². The van der Waals surface area contributed by atoms with Crippen molar-refractivity contribution in [3.05, 3.63) is 29.8 Å². The van der Waals surface area contributed by atoms with Crippen molar-refractivity contribution in [2.45, 2.75) is 39.2 Å². The average molecular weight is 529 g/mol. The number of hydrogen-bond donors (Lipinski definition) is 3. The lowest BCUT2D eigenvalue weighted by Gasteiger charge is -2.42. The number of aliphatic imine (C=N–C) groups is 1. The molecule has 1 aliphatic carbocycles. The summed E-state index contributed by atoms with van der Waals surface area (Å²) in [4.78, 5) is 18.4. The highest BCUT2D eigenvalue weighted by Crippen LogP contribution is 2.43. The summed E-state index contributed by atoms with van der Waals surface area (Å²) in [5.74, 6) is 0.953. The van der Waals surface area contributed by atoms with E-state index in [1.807, 2.05) is 0 Å². The minimum atomic E-state index is 0. The van der Waals surface area contributed by atoms with Gasteiger partial charge in [0.2, 0.25) is 5.91 Å². The second-order valence-electron chi connectivity index (χ2n) is 8.08. The molecule has 3 rings (SSSR count). The van der Waals surface area contributed by atoms with E-state index in [0.717, 1.165) is 49.9 Å². The summed E-state index contributed by atoms with van der Waals surface area (Å²) in [5.41, 5.74) is 2.60.